The topological polar surface area (TPSA) is 83.6 Å². The van der Waals surface area contributed by atoms with Crippen LogP contribution in [-0.4, -0.2) is 27.8 Å². The van der Waals surface area contributed by atoms with E-state index in [1.54, 1.807) is 0 Å². The van der Waals surface area contributed by atoms with Gasteiger partial charge in [-0.15, -0.1) is 0 Å². The van der Waals surface area contributed by atoms with Gasteiger partial charge in [-0.2, -0.15) is 0 Å². The average molecular weight is 223 g/mol. The van der Waals surface area contributed by atoms with Crippen molar-refractivity contribution >= 4 is 5.97 Å². The summed E-state index contributed by atoms with van der Waals surface area (Å²) in [4.78, 5) is 11.1. The molecule has 0 heterocycles. The van der Waals surface area contributed by atoms with E-state index in [2.05, 4.69) is 0 Å². The maximum absolute atomic E-state index is 11.1. The summed E-state index contributed by atoms with van der Waals surface area (Å²) in [6, 6.07) is -0.842. The van der Waals surface area contributed by atoms with Gasteiger partial charge in [-0.05, 0) is 38.0 Å². The van der Waals surface area contributed by atoms with Gasteiger partial charge in [-0.25, -0.2) is 0 Å². The molecule has 0 radical (unpaired) electrons. The van der Waals surface area contributed by atoms with E-state index in [9.17, 15) is 9.90 Å². The van der Waals surface area contributed by atoms with Gasteiger partial charge >= 0.3 is 5.97 Å². The summed E-state index contributed by atoms with van der Waals surface area (Å²) >= 11 is 0. The second-order valence-corrected chi connectivity index (χ2v) is 5.92. The van der Waals surface area contributed by atoms with Crippen LogP contribution in [-0.2, 0) is 4.79 Å². The lowest BCUT2D eigenvalue weighted by Gasteiger charge is -2.57. The quantitative estimate of drug-likeness (QED) is 0.600. The number of carbonyl (C=O) groups is 1. The number of aliphatic hydroxyl groups is 1. The molecule has 0 spiro atoms. The van der Waals surface area contributed by atoms with Crippen LogP contribution in [0.2, 0.25) is 0 Å². The van der Waals surface area contributed by atoms with Crippen molar-refractivity contribution in [2.24, 2.45) is 17.1 Å². The third kappa shape index (κ3) is 1.26. The van der Waals surface area contributed by atoms with Crippen LogP contribution >= 0.6 is 0 Å². The zero-order valence-corrected chi connectivity index (χ0v) is 9.15. The molecule has 4 rings (SSSR count). The zero-order chi connectivity index (χ0) is 11.6. The Balaban J connectivity index is 2.01. The first-order valence-corrected chi connectivity index (χ1v) is 5.84. The zero-order valence-electron chi connectivity index (χ0n) is 9.15. The van der Waals surface area contributed by atoms with Gasteiger partial charge in [0.25, 0.3) is 0 Å². The van der Waals surface area contributed by atoms with Crippen LogP contribution in [0.15, 0.2) is 11.6 Å². The standard InChI is InChI=1S/C12H17NO3/c13-9(10(14)15)11-2-7-1-8(3-11)5-12(16,4-7)6-11/h4,8-9,16H,1-3,5-6,13H2,(H,14,15)/t8?,9-,11?,12?/m1/s1. The lowest BCUT2D eigenvalue weighted by Crippen LogP contribution is -2.59. The minimum absolute atomic E-state index is 0.397. The first-order valence-electron chi connectivity index (χ1n) is 5.84. The maximum atomic E-state index is 11.1. The molecule has 4 nitrogen and oxygen atoms in total. The molecular weight excluding hydrogens is 206 g/mol. The fourth-order valence-corrected chi connectivity index (χ4v) is 4.28. The van der Waals surface area contributed by atoms with Crippen molar-refractivity contribution in [1.29, 1.82) is 0 Å². The highest BCUT2D eigenvalue weighted by Crippen LogP contribution is 2.59. The molecule has 4 N–H and O–H groups in total. The first-order chi connectivity index (χ1) is 7.42. The van der Waals surface area contributed by atoms with Gasteiger partial charge in [0.05, 0.1) is 5.60 Å². The number of carboxylic acids is 1. The van der Waals surface area contributed by atoms with Crippen LogP contribution in [0.25, 0.3) is 0 Å². The minimum Gasteiger partial charge on any atom is -0.480 e. The highest BCUT2D eigenvalue weighted by molar-refractivity contribution is 5.74. The van der Waals surface area contributed by atoms with Crippen molar-refractivity contribution in [3.05, 3.63) is 11.6 Å². The molecule has 88 valence electrons. The van der Waals surface area contributed by atoms with Crippen molar-refractivity contribution in [3.8, 4) is 0 Å². The molecule has 2 fully saturated rings. The van der Waals surface area contributed by atoms with E-state index >= 15 is 0 Å². The largest absolute Gasteiger partial charge is 0.480 e. The average Bonchev–Trinajstić information content (AvgIpc) is 2.12. The number of nitrogens with two attached hydrogens (primary N) is 1. The summed E-state index contributed by atoms with van der Waals surface area (Å²) < 4.78 is 0. The van der Waals surface area contributed by atoms with Crippen molar-refractivity contribution in [1.82, 2.24) is 0 Å². The number of hydrogen-bond donors (Lipinski definition) is 3. The van der Waals surface area contributed by atoms with Gasteiger partial charge in [0.15, 0.2) is 0 Å². The fourth-order valence-electron chi connectivity index (χ4n) is 4.28. The normalized spacial score (nSPS) is 46.6. The van der Waals surface area contributed by atoms with Crippen LogP contribution in [0, 0.1) is 11.3 Å². The predicted molar refractivity (Wildman–Crippen MR) is 57.7 cm³/mol. The highest BCUT2D eigenvalue weighted by atomic mass is 16.4. The van der Waals surface area contributed by atoms with Gasteiger partial charge < -0.3 is 15.9 Å². The van der Waals surface area contributed by atoms with Crippen molar-refractivity contribution in [3.63, 3.8) is 0 Å². The highest BCUT2D eigenvalue weighted by Gasteiger charge is 2.57. The SMILES string of the molecule is N[C@H](C(=O)O)C12CC3=CC(O)(CC(C3)C1)C2. The molecule has 0 amide bonds. The monoisotopic (exact) mass is 223 g/mol. The molecule has 4 aliphatic rings. The van der Waals surface area contributed by atoms with Crippen molar-refractivity contribution in [2.75, 3.05) is 0 Å². The first kappa shape index (κ1) is 10.3. The Hall–Kier alpha value is -0.870. The second kappa shape index (κ2) is 2.87. The smallest absolute Gasteiger partial charge is 0.321 e. The summed E-state index contributed by atoms with van der Waals surface area (Å²) in [7, 11) is 0. The number of carboxylic acid groups (broad SMARTS) is 1. The van der Waals surface area contributed by atoms with Crippen LogP contribution in [0.4, 0.5) is 0 Å². The van der Waals surface area contributed by atoms with E-state index in [0.29, 0.717) is 12.3 Å². The van der Waals surface area contributed by atoms with Gasteiger partial charge in [0, 0.05) is 5.41 Å². The summed E-state index contributed by atoms with van der Waals surface area (Å²) in [6.45, 7) is 0. The molecule has 4 aliphatic carbocycles. The van der Waals surface area contributed by atoms with E-state index in [0.717, 1.165) is 25.7 Å². The molecule has 0 aromatic carbocycles. The number of hydrogen-bond acceptors (Lipinski definition) is 3. The molecular formula is C12H17NO3. The Labute approximate surface area is 94.1 Å². The molecule has 2 saturated carbocycles. The Bertz CT molecular complexity index is 392. The Morgan fingerprint density at radius 2 is 2.31 bits per heavy atom. The third-order valence-corrected chi connectivity index (χ3v) is 4.52. The van der Waals surface area contributed by atoms with Crippen LogP contribution in [0.3, 0.4) is 0 Å². The molecule has 0 aliphatic heterocycles. The van der Waals surface area contributed by atoms with Crippen molar-refractivity contribution < 1.29 is 15.0 Å². The summed E-state index contributed by atoms with van der Waals surface area (Å²) in [6.07, 6.45) is 5.91. The summed E-state index contributed by atoms with van der Waals surface area (Å²) in [5.74, 6) is -0.510. The molecule has 0 aromatic rings. The second-order valence-electron chi connectivity index (χ2n) is 5.92. The van der Waals surface area contributed by atoms with Crippen LogP contribution < -0.4 is 5.73 Å². The number of aliphatic carboxylic acids is 1. The molecule has 4 atom stereocenters. The molecule has 4 bridgehead atoms. The van der Waals surface area contributed by atoms with Gasteiger partial charge in [-0.3, -0.25) is 4.79 Å². The van der Waals surface area contributed by atoms with E-state index in [4.69, 9.17) is 10.8 Å². The van der Waals surface area contributed by atoms with E-state index in [1.807, 2.05) is 6.08 Å². The number of rotatable bonds is 2. The summed E-state index contributed by atoms with van der Waals surface area (Å²) in [5, 5.41) is 19.5. The Morgan fingerprint density at radius 3 is 2.88 bits per heavy atom. The van der Waals surface area contributed by atoms with Crippen LogP contribution in [0.5, 0.6) is 0 Å². The molecule has 0 aromatic heterocycles. The molecule has 3 unspecified atom stereocenters. The minimum atomic E-state index is -0.939. The predicted octanol–water partition coefficient (Wildman–Crippen LogP) is 0.650. The van der Waals surface area contributed by atoms with Crippen molar-refractivity contribution in [2.45, 2.75) is 43.7 Å². The van der Waals surface area contributed by atoms with Gasteiger partial charge in [0.1, 0.15) is 6.04 Å². The van der Waals surface area contributed by atoms with Crippen LogP contribution in [0.1, 0.15) is 32.1 Å². The maximum Gasteiger partial charge on any atom is 0.321 e. The lowest BCUT2D eigenvalue weighted by atomic mass is 9.50. The Morgan fingerprint density at radius 1 is 1.56 bits per heavy atom. The van der Waals surface area contributed by atoms with Gasteiger partial charge in [-0.1, -0.05) is 11.6 Å². The van der Waals surface area contributed by atoms with E-state index in [-0.39, 0.29) is 0 Å². The molecule has 0 saturated heterocycles. The van der Waals surface area contributed by atoms with E-state index < -0.39 is 23.0 Å². The number of allylic oxidation sites excluding steroid dienone is 1. The molecule has 4 heteroatoms. The van der Waals surface area contributed by atoms with Gasteiger partial charge in [0.2, 0.25) is 0 Å². The molecule has 16 heavy (non-hydrogen) atoms. The Kier molecular flexibility index (Phi) is 1.85. The fraction of sp³-hybridized carbons (Fsp3) is 0.750. The summed E-state index contributed by atoms with van der Waals surface area (Å²) in [5.41, 5.74) is 5.88. The van der Waals surface area contributed by atoms with E-state index in [1.165, 1.54) is 5.57 Å². The third-order valence-electron chi connectivity index (χ3n) is 4.52. The lowest BCUT2D eigenvalue weighted by molar-refractivity contribution is -0.148.